The Labute approximate surface area is 99.0 Å². The molecule has 0 bridgehead atoms. The topological polar surface area (TPSA) is 46.5 Å². The first kappa shape index (κ1) is 11.2. The summed E-state index contributed by atoms with van der Waals surface area (Å²) in [5.41, 5.74) is 0.335. The Hall–Kier alpha value is -2.29. The van der Waals surface area contributed by atoms with E-state index in [4.69, 9.17) is 4.74 Å². The first-order valence-corrected chi connectivity index (χ1v) is 5.18. The molecular weight excluding hydrogens is 216 g/mol. The van der Waals surface area contributed by atoms with Gasteiger partial charge in [0.25, 0.3) is 0 Å². The smallest absolute Gasteiger partial charge is 0.338 e. The fourth-order valence-electron chi connectivity index (χ4n) is 1.53. The molecule has 2 aromatic rings. The fourth-order valence-corrected chi connectivity index (χ4v) is 1.53. The van der Waals surface area contributed by atoms with Crippen LogP contribution in [-0.2, 0) is 4.79 Å². The van der Waals surface area contributed by atoms with Gasteiger partial charge in [0.1, 0.15) is 11.5 Å². The van der Waals surface area contributed by atoms with Crippen LogP contribution in [0.4, 0.5) is 0 Å². The number of hydrogen-bond acceptors (Lipinski definition) is 3. The van der Waals surface area contributed by atoms with Gasteiger partial charge in [-0.15, -0.1) is 0 Å². The van der Waals surface area contributed by atoms with E-state index >= 15 is 0 Å². The highest BCUT2D eigenvalue weighted by Gasteiger charge is 2.10. The normalized spacial score (nSPS) is 10.2. The van der Waals surface area contributed by atoms with Gasteiger partial charge < -0.3 is 9.84 Å². The molecule has 0 aliphatic rings. The Morgan fingerprint density at radius 3 is 2.47 bits per heavy atom. The minimum Gasteiger partial charge on any atom is -0.507 e. The molecule has 0 saturated carbocycles. The molecular formula is C14H12O3. The minimum absolute atomic E-state index is 0.163. The molecule has 0 amide bonds. The van der Waals surface area contributed by atoms with Gasteiger partial charge in [-0.3, -0.25) is 0 Å². The predicted octanol–water partition coefficient (Wildman–Crippen LogP) is 3.03. The molecule has 1 N–H and O–H groups in total. The lowest BCUT2D eigenvalue weighted by Gasteiger charge is -2.08. The number of aromatic hydroxyl groups is 1. The van der Waals surface area contributed by atoms with Crippen molar-refractivity contribution in [1.29, 1.82) is 0 Å². The molecule has 0 fully saturated rings. The summed E-state index contributed by atoms with van der Waals surface area (Å²) >= 11 is 0. The molecule has 0 unspecified atom stereocenters. The van der Waals surface area contributed by atoms with E-state index in [0.29, 0.717) is 22.1 Å². The molecule has 2 aromatic carbocycles. The van der Waals surface area contributed by atoms with Gasteiger partial charge in [-0.1, -0.05) is 30.8 Å². The van der Waals surface area contributed by atoms with Crippen LogP contribution in [0.25, 0.3) is 10.8 Å². The summed E-state index contributed by atoms with van der Waals surface area (Å²) < 4.78 is 5.19. The third-order valence-electron chi connectivity index (χ3n) is 2.41. The van der Waals surface area contributed by atoms with Crippen molar-refractivity contribution in [1.82, 2.24) is 0 Å². The maximum absolute atomic E-state index is 11.5. The quantitative estimate of drug-likeness (QED) is 0.488. The molecule has 0 heterocycles. The lowest BCUT2D eigenvalue weighted by atomic mass is 10.1. The van der Waals surface area contributed by atoms with Gasteiger partial charge in [-0.25, -0.2) is 4.79 Å². The van der Waals surface area contributed by atoms with Crippen molar-refractivity contribution in [3.63, 3.8) is 0 Å². The van der Waals surface area contributed by atoms with Crippen LogP contribution in [0.5, 0.6) is 11.5 Å². The lowest BCUT2D eigenvalue weighted by molar-refractivity contribution is -0.129. The molecule has 0 saturated heterocycles. The Morgan fingerprint density at radius 1 is 1.18 bits per heavy atom. The summed E-state index contributed by atoms with van der Waals surface area (Å²) in [7, 11) is 0. The van der Waals surface area contributed by atoms with Crippen molar-refractivity contribution in [3.05, 3.63) is 48.6 Å². The summed E-state index contributed by atoms with van der Waals surface area (Å²) in [5, 5.41) is 11.0. The van der Waals surface area contributed by atoms with Crippen molar-refractivity contribution in [2.24, 2.45) is 0 Å². The van der Waals surface area contributed by atoms with E-state index in [9.17, 15) is 9.90 Å². The number of rotatable bonds is 2. The number of carbonyl (C=O) groups excluding carboxylic acids is 1. The van der Waals surface area contributed by atoms with E-state index in [-0.39, 0.29) is 5.75 Å². The molecule has 0 aliphatic carbocycles. The van der Waals surface area contributed by atoms with Gasteiger partial charge in [-0.05, 0) is 19.1 Å². The minimum atomic E-state index is -0.471. The van der Waals surface area contributed by atoms with Crippen LogP contribution >= 0.6 is 0 Å². The fraction of sp³-hybridized carbons (Fsp3) is 0.0714. The Balaban J connectivity index is 2.52. The number of hydrogen-bond donors (Lipinski definition) is 1. The third-order valence-corrected chi connectivity index (χ3v) is 2.41. The second-order valence-corrected chi connectivity index (χ2v) is 3.80. The largest absolute Gasteiger partial charge is 0.507 e. The van der Waals surface area contributed by atoms with Crippen LogP contribution in [0, 0.1) is 0 Å². The number of esters is 1. The monoisotopic (exact) mass is 228 g/mol. The van der Waals surface area contributed by atoms with E-state index in [1.165, 1.54) is 6.07 Å². The van der Waals surface area contributed by atoms with E-state index in [0.717, 1.165) is 0 Å². The first-order valence-electron chi connectivity index (χ1n) is 5.18. The number of carbonyl (C=O) groups is 1. The number of benzene rings is 2. The first-order chi connectivity index (χ1) is 8.09. The van der Waals surface area contributed by atoms with E-state index < -0.39 is 5.97 Å². The van der Waals surface area contributed by atoms with Crippen LogP contribution < -0.4 is 4.74 Å². The summed E-state index contributed by atoms with van der Waals surface area (Å²) in [5.74, 6) is 0.114. The Bertz CT molecular complexity index is 599. The van der Waals surface area contributed by atoms with E-state index in [2.05, 4.69) is 6.58 Å². The Kier molecular flexibility index (Phi) is 2.83. The van der Waals surface area contributed by atoms with Gasteiger partial charge in [0.05, 0.1) is 0 Å². The molecule has 0 radical (unpaired) electrons. The van der Waals surface area contributed by atoms with Gasteiger partial charge in [0.2, 0.25) is 0 Å². The summed E-state index contributed by atoms with van der Waals surface area (Å²) in [6.45, 7) is 5.11. The molecule has 2 rings (SSSR count). The van der Waals surface area contributed by atoms with Gasteiger partial charge in [-0.2, -0.15) is 0 Å². The molecule has 0 aromatic heterocycles. The highest BCUT2D eigenvalue weighted by Crippen LogP contribution is 2.32. The summed E-state index contributed by atoms with van der Waals surface area (Å²) in [4.78, 5) is 11.5. The van der Waals surface area contributed by atoms with Crippen LogP contribution in [0.3, 0.4) is 0 Å². The third kappa shape index (κ3) is 2.13. The SMILES string of the molecule is C=C(C)C(=O)Oc1ccc(O)c2ccccc12. The second kappa shape index (κ2) is 4.29. The van der Waals surface area contributed by atoms with Crippen LogP contribution in [0.1, 0.15) is 6.92 Å². The molecule has 0 atom stereocenters. The van der Waals surface area contributed by atoms with Crippen molar-refractivity contribution in [3.8, 4) is 11.5 Å². The average Bonchev–Trinajstić information content (AvgIpc) is 2.33. The number of phenols is 1. The van der Waals surface area contributed by atoms with Crippen molar-refractivity contribution >= 4 is 16.7 Å². The van der Waals surface area contributed by atoms with Crippen molar-refractivity contribution in [2.45, 2.75) is 6.92 Å². The predicted molar refractivity (Wildman–Crippen MR) is 66.1 cm³/mol. The van der Waals surface area contributed by atoms with Gasteiger partial charge in [0, 0.05) is 16.3 Å². The molecule has 86 valence electrons. The number of fused-ring (bicyclic) bond motifs is 1. The van der Waals surface area contributed by atoms with Gasteiger partial charge in [0.15, 0.2) is 0 Å². The zero-order valence-corrected chi connectivity index (χ0v) is 9.43. The molecule has 0 spiro atoms. The highest BCUT2D eigenvalue weighted by molar-refractivity contribution is 5.96. The summed E-state index contributed by atoms with van der Waals surface area (Å²) in [6, 6.07) is 10.3. The highest BCUT2D eigenvalue weighted by atomic mass is 16.5. The van der Waals surface area contributed by atoms with E-state index in [1.807, 2.05) is 12.1 Å². The Morgan fingerprint density at radius 2 is 1.82 bits per heavy atom. The maximum Gasteiger partial charge on any atom is 0.338 e. The number of ether oxygens (including phenoxy) is 1. The maximum atomic E-state index is 11.5. The number of phenolic OH excluding ortho intramolecular Hbond substituents is 1. The zero-order chi connectivity index (χ0) is 12.4. The second-order valence-electron chi connectivity index (χ2n) is 3.80. The zero-order valence-electron chi connectivity index (χ0n) is 9.43. The molecule has 3 heteroatoms. The molecule has 0 aliphatic heterocycles. The van der Waals surface area contributed by atoms with Gasteiger partial charge >= 0.3 is 5.97 Å². The van der Waals surface area contributed by atoms with E-state index in [1.54, 1.807) is 25.1 Å². The average molecular weight is 228 g/mol. The standard InChI is InChI=1S/C14H12O3/c1-9(2)14(16)17-13-8-7-12(15)10-5-3-4-6-11(10)13/h3-8,15H,1H2,2H3. The van der Waals surface area contributed by atoms with Crippen LogP contribution in [-0.4, -0.2) is 11.1 Å². The van der Waals surface area contributed by atoms with Crippen LogP contribution in [0.15, 0.2) is 48.6 Å². The summed E-state index contributed by atoms with van der Waals surface area (Å²) in [6.07, 6.45) is 0. The lowest BCUT2D eigenvalue weighted by Crippen LogP contribution is -2.08. The molecule has 17 heavy (non-hydrogen) atoms. The van der Waals surface area contributed by atoms with Crippen molar-refractivity contribution < 1.29 is 14.6 Å². The van der Waals surface area contributed by atoms with Crippen LogP contribution in [0.2, 0.25) is 0 Å². The molecule has 3 nitrogen and oxygen atoms in total. The van der Waals surface area contributed by atoms with Crippen molar-refractivity contribution in [2.75, 3.05) is 0 Å².